The van der Waals surface area contributed by atoms with Crippen LogP contribution in [0.15, 0.2) is 40.7 Å². The number of rotatable bonds is 4. The van der Waals surface area contributed by atoms with Crippen molar-refractivity contribution < 1.29 is 17.9 Å². The Labute approximate surface area is 114 Å². The van der Waals surface area contributed by atoms with Crippen LogP contribution in [-0.2, 0) is 21.2 Å². The fraction of sp³-hybridized carbons (Fsp3) is 0.167. The summed E-state index contributed by atoms with van der Waals surface area (Å²) in [4.78, 5) is 15.9. The maximum atomic E-state index is 11.7. The molecule has 0 unspecified atom stereocenters. The Hall–Kier alpha value is -1.73. The van der Waals surface area contributed by atoms with Gasteiger partial charge in [0.25, 0.3) is 0 Å². The normalized spacial score (nSPS) is 11.2. The number of hydrogen-bond acceptors (Lipinski definition) is 6. The van der Waals surface area contributed by atoms with Crippen LogP contribution in [-0.4, -0.2) is 25.6 Å². The second-order valence-corrected chi connectivity index (χ2v) is 6.79. The molecule has 7 heteroatoms. The van der Waals surface area contributed by atoms with E-state index in [2.05, 4.69) is 4.98 Å². The van der Waals surface area contributed by atoms with Gasteiger partial charge in [0, 0.05) is 17.8 Å². The van der Waals surface area contributed by atoms with E-state index in [1.165, 1.54) is 35.6 Å². The summed E-state index contributed by atoms with van der Waals surface area (Å²) >= 11 is 1.40. The summed E-state index contributed by atoms with van der Waals surface area (Å²) < 4.78 is 27.6. The van der Waals surface area contributed by atoms with Crippen molar-refractivity contribution in [3.05, 3.63) is 46.4 Å². The lowest BCUT2D eigenvalue weighted by Gasteiger charge is -2.03. The summed E-state index contributed by atoms with van der Waals surface area (Å²) in [5.74, 6) is -0.504. The van der Waals surface area contributed by atoms with Crippen LogP contribution in [0, 0.1) is 0 Å². The summed E-state index contributed by atoms with van der Waals surface area (Å²) in [5.41, 5.74) is 0.309. The zero-order valence-corrected chi connectivity index (χ0v) is 11.7. The van der Waals surface area contributed by atoms with Crippen molar-refractivity contribution in [1.29, 1.82) is 0 Å². The van der Waals surface area contributed by atoms with Gasteiger partial charge in [0.2, 0.25) is 0 Å². The molecule has 0 bridgehead atoms. The molecule has 0 aliphatic carbocycles. The van der Waals surface area contributed by atoms with Crippen molar-refractivity contribution in [2.45, 2.75) is 11.5 Å². The first-order valence-corrected chi connectivity index (χ1v) is 8.09. The second-order valence-electron chi connectivity index (χ2n) is 3.80. The molecule has 1 heterocycles. The van der Waals surface area contributed by atoms with E-state index >= 15 is 0 Å². The summed E-state index contributed by atoms with van der Waals surface area (Å²) in [5, 5.41) is 2.51. The van der Waals surface area contributed by atoms with Crippen LogP contribution in [0.4, 0.5) is 0 Å². The molecule has 1 aromatic heterocycles. The van der Waals surface area contributed by atoms with Crippen molar-refractivity contribution >= 4 is 27.1 Å². The van der Waals surface area contributed by atoms with Gasteiger partial charge in [0.15, 0.2) is 9.84 Å². The van der Waals surface area contributed by atoms with Crippen molar-refractivity contribution in [1.82, 2.24) is 4.98 Å². The molecule has 0 spiro atoms. The highest BCUT2D eigenvalue weighted by molar-refractivity contribution is 7.90. The minimum absolute atomic E-state index is 0.115. The molecule has 5 nitrogen and oxygen atoms in total. The van der Waals surface area contributed by atoms with E-state index in [9.17, 15) is 13.2 Å². The molecule has 1 aromatic carbocycles. The van der Waals surface area contributed by atoms with Gasteiger partial charge in [-0.2, -0.15) is 0 Å². The highest BCUT2D eigenvalue weighted by Gasteiger charge is 2.11. The second kappa shape index (κ2) is 5.50. The number of thiazole rings is 1. The molecule has 2 aromatic rings. The Morgan fingerprint density at radius 1 is 1.32 bits per heavy atom. The van der Waals surface area contributed by atoms with E-state index in [4.69, 9.17) is 4.74 Å². The number of benzene rings is 1. The van der Waals surface area contributed by atoms with E-state index in [1.54, 1.807) is 11.6 Å². The fourth-order valence-electron chi connectivity index (χ4n) is 1.37. The third kappa shape index (κ3) is 3.62. The first-order chi connectivity index (χ1) is 8.97. The first-order valence-electron chi connectivity index (χ1n) is 5.32. The minimum Gasteiger partial charge on any atom is -0.455 e. The Morgan fingerprint density at radius 3 is 2.53 bits per heavy atom. The third-order valence-corrected chi connectivity index (χ3v) is 4.21. The molecular formula is C12H11NO4S2. The molecule has 0 radical (unpaired) electrons. The molecule has 0 aliphatic heterocycles. The number of hydrogen-bond donors (Lipinski definition) is 0. The molecule has 0 atom stereocenters. The fourth-order valence-corrected chi connectivity index (χ4v) is 2.53. The Morgan fingerprint density at radius 2 is 2.00 bits per heavy atom. The van der Waals surface area contributed by atoms with Crippen molar-refractivity contribution in [2.24, 2.45) is 0 Å². The monoisotopic (exact) mass is 297 g/mol. The predicted octanol–water partition coefficient (Wildman–Crippen LogP) is 1.90. The largest absolute Gasteiger partial charge is 0.455 e. The van der Waals surface area contributed by atoms with Gasteiger partial charge in [-0.15, -0.1) is 11.3 Å². The average molecular weight is 297 g/mol. The van der Waals surface area contributed by atoms with E-state index in [1.807, 2.05) is 0 Å². The smallest absolute Gasteiger partial charge is 0.338 e. The molecular weight excluding hydrogens is 286 g/mol. The van der Waals surface area contributed by atoms with Gasteiger partial charge in [-0.25, -0.2) is 18.2 Å². The summed E-state index contributed by atoms with van der Waals surface area (Å²) in [6.07, 6.45) is 2.75. The highest BCUT2D eigenvalue weighted by Crippen LogP contribution is 2.12. The zero-order chi connectivity index (χ0) is 13.9. The van der Waals surface area contributed by atoms with Gasteiger partial charge in [-0.3, -0.25) is 0 Å². The lowest BCUT2D eigenvalue weighted by Crippen LogP contribution is -2.06. The molecule has 0 aliphatic rings. The van der Waals surface area contributed by atoms with Crippen LogP contribution in [0.1, 0.15) is 15.4 Å². The maximum absolute atomic E-state index is 11.7. The molecule has 19 heavy (non-hydrogen) atoms. The van der Waals surface area contributed by atoms with Crippen LogP contribution in [0.2, 0.25) is 0 Å². The van der Waals surface area contributed by atoms with Crippen molar-refractivity contribution in [3.8, 4) is 0 Å². The Kier molecular flexibility index (Phi) is 3.96. The van der Waals surface area contributed by atoms with Gasteiger partial charge < -0.3 is 4.74 Å². The number of sulfone groups is 1. The molecule has 2 rings (SSSR count). The first kappa shape index (κ1) is 13.7. The third-order valence-electron chi connectivity index (χ3n) is 2.33. The average Bonchev–Trinajstić information content (AvgIpc) is 2.88. The Bertz CT molecular complexity index is 660. The topological polar surface area (TPSA) is 73.3 Å². The van der Waals surface area contributed by atoms with Gasteiger partial charge in [-0.05, 0) is 24.3 Å². The Balaban J connectivity index is 2.04. The van der Waals surface area contributed by atoms with E-state index in [-0.39, 0.29) is 11.5 Å². The summed E-state index contributed by atoms with van der Waals surface area (Å²) in [7, 11) is -3.25. The number of aromatic nitrogens is 1. The number of esters is 1. The SMILES string of the molecule is CS(=O)(=O)c1ccc(C(=O)OCc2nccs2)cc1. The highest BCUT2D eigenvalue weighted by atomic mass is 32.2. The van der Waals surface area contributed by atoms with Gasteiger partial charge in [0.1, 0.15) is 11.6 Å². The zero-order valence-electron chi connectivity index (χ0n) is 10.1. The standard InChI is InChI=1S/C12H11NO4S2/c1-19(15,16)10-4-2-9(3-5-10)12(14)17-8-11-13-6-7-18-11/h2-7H,8H2,1H3. The van der Waals surface area contributed by atoms with E-state index in [0.717, 1.165) is 6.26 Å². The number of carbonyl (C=O) groups is 1. The van der Waals surface area contributed by atoms with E-state index < -0.39 is 15.8 Å². The quantitative estimate of drug-likeness (QED) is 0.806. The lowest BCUT2D eigenvalue weighted by atomic mass is 10.2. The van der Waals surface area contributed by atoms with Crippen LogP contribution >= 0.6 is 11.3 Å². The lowest BCUT2D eigenvalue weighted by molar-refractivity contribution is 0.0472. The molecule has 0 amide bonds. The predicted molar refractivity (Wildman–Crippen MR) is 70.8 cm³/mol. The number of nitrogens with zero attached hydrogens (tertiary/aromatic N) is 1. The maximum Gasteiger partial charge on any atom is 0.338 e. The summed E-state index contributed by atoms with van der Waals surface area (Å²) in [6.45, 7) is 0.115. The molecule has 0 saturated heterocycles. The van der Waals surface area contributed by atoms with Crippen LogP contribution < -0.4 is 0 Å². The van der Waals surface area contributed by atoms with E-state index in [0.29, 0.717) is 10.6 Å². The van der Waals surface area contributed by atoms with Crippen LogP contribution in [0.5, 0.6) is 0 Å². The van der Waals surface area contributed by atoms with Gasteiger partial charge >= 0.3 is 5.97 Å². The van der Waals surface area contributed by atoms with Crippen LogP contribution in [0.25, 0.3) is 0 Å². The number of carbonyl (C=O) groups excluding carboxylic acids is 1. The van der Waals surface area contributed by atoms with Gasteiger partial charge in [0.05, 0.1) is 10.5 Å². The number of ether oxygens (including phenoxy) is 1. The van der Waals surface area contributed by atoms with Crippen molar-refractivity contribution in [2.75, 3.05) is 6.26 Å². The molecule has 0 N–H and O–H groups in total. The van der Waals surface area contributed by atoms with Crippen LogP contribution in [0.3, 0.4) is 0 Å². The molecule has 0 saturated carbocycles. The van der Waals surface area contributed by atoms with Crippen molar-refractivity contribution in [3.63, 3.8) is 0 Å². The molecule has 0 fully saturated rings. The minimum atomic E-state index is -3.25. The summed E-state index contributed by atoms with van der Waals surface area (Å²) in [6, 6.07) is 5.63. The molecule has 100 valence electrons. The van der Waals surface area contributed by atoms with Gasteiger partial charge in [-0.1, -0.05) is 0 Å².